The first-order valence-electron chi connectivity index (χ1n) is 8.49. The Bertz CT molecular complexity index is 719. The summed E-state index contributed by atoms with van der Waals surface area (Å²) < 4.78 is 26.8. The molecule has 3 rings (SSSR count). The van der Waals surface area contributed by atoms with Gasteiger partial charge in [0, 0.05) is 20.3 Å². The standard InChI is InChI=1S/C18H21NO8/c1-10(20)24-9-16-14(25-11(2)21)8-15-17(26-16)19(18(22)27-15)12-4-6-13(23-3)7-5-12/h4-7,14-17H,8-9H2,1-3H3/t14-,15-,16+,17+/m0/s1. The van der Waals surface area contributed by atoms with Gasteiger partial charge in [-0.05, 0) is 24.3 Å². The van der Waals surface area contributed by atoms with E-state index in [1.165, 1.54) is 18.7 Å². The van der Waals surface area contributed by atoms with E-state index in [4.69, 9.17) is 23.7 Å². The zero-order valence-electron chi connectivity index (χ0n) is 15.2. The lowest BCUT2D eigenvalue weighted by atomic mass is 10.0. The summed E-state index contributed by atoms with van der Waals surface area (Å²) in [4.78, 5) is 36.3. The molecule has 0 spiro atoms. The largest absolute Gasteiger partial charge is 0.497 e. The van der Waals surface area contributed by atoms with Crippen LogP contribution >= 0.6 is 0 Å². The van der Waals surface area contributed by atoms with Gasteiger partial charge in [0.1, 0.15) is 24.6 Å². The van der Waals surface area contributed by atoms with Crippen LogP contribution in [0.25, 0.3) is 0 Å². The molecule has 1 aromatic carbocycles. The summed E-state index contributed by atoms with van der Waals surface area (Å²) in [5.41, 5.74) is 0.575. The van der Waals surface area contributed by atoms with Crippen LogP contribution in [0.15, 0.2) is 24.3 Å². The molecule has 2 aliphatic heterocycles. The van der Waals surface area contributed by atoms with Crippen LogP contribution in [0.1, 0.15) is 20.3 Å². The number of hydrogen-bond donors (Lipinski definition) is 0. The lowest BCUT2D eigenvalue weighted by Crippen LogP contribution is -2.53. The van der Waals surface area contributed by atoms with Gasteiger partial charge in [0.2, 0.25) is 0 Å². The number of fused-ring (bicyclic) bond motifs is 1. The van der Waals surface area contributed by atoms with Gasteiger partial charge in [-0.15, -0.1) is 0 Å². The zero-order valence-corrected chi connectivity index (χ0v) is 15.2. The summed E-state index contributed by atoms with van der Waals surface area (Å²) in [6.45, 7) is 2.46. The first-order valence-corrected chi connectivity index (χ1v) is 8.49. The van der Waals surface area contributed by atoms with Gasteiger partial charge in [-0.25, -0.2) is 9.69 Å². The molecule has 27 heavy (non-hydrogen) atoms. The smallest absolute Gasteiger partial charge is 0.417 e. The normalized spacial score (nSPS) is 26.8. The Labute approximate surface area is 156 Å². The maximum atomic E-state index is 12.4. The predicted molar refractivity (Wildman–Crippen MR) is 91.2 cm³/mol. The Morgan fingerprint density at radius 3 is 2.48 bits per heavy atom. The number of ether oxygens (including phenoxy) is 5. The summed E-state index contributed by atoms with van der Waals surface area (Å²) in [7, 11) is 1.55. The summed E-state index contributed by atoms with van der Waals surface area (Å²) in [6.07, 6.45) is -3.06. The maximum Gasteiger partial charge on any atom is 0.417 e. The van der Waals surface area contributed by atoms with Crippen LogP contribution in [0.4, 0.5) is 10.5 Å². The van der Waals surface area contributed by atoms with Gasteiger partial charge in [-0.2, -0.15) is 0 Å². The Kier molecular flexibility index (Phi) is 5.50. The fourth-order valence-electron chi connectivity index (χ4n) is 3.15. The molecule has 4 atom stereocenters. The predicted octanol–water partition coefficient (Wildman–Crippen LogP) is 1.63. The summed E-state index contributed by atoms with van der Waals surface area (Å²) in [5.74, 6) is -0.325. The van der Waals surface area contributed by atoms with Gasteiger partial charge in [-0.3, -0.25) is 9.59 Å². The highest BCUT2D eigenvalue weighted by molar-refractivity contribution is 5.90. The molecule has 0 aliphatic carbocycles. The second kappa shape index (κ2) is 7.83. The third-order valence-corrected chi connectivity index (χ3v) is 4.33. The van der Waals surface area contributed by atoms with Gasteiger partial charge in [0.25, 0.3) is 0 Å². The van der Waals surface area contributed by atoms with Crippen LogP contribution in [0, 0.1) is 0 Å². The molecule has 2 aliphatic rings. The minimum atomic E-state index is -0.724. The van der Waals surface area contributed by atoms with Crippen molar-refractivity contribution < 1.29 is 38.1 Å². The van der Waals surface area contributed by atoms with E-state index < -0.39 is 42.6 Å². The van der Waals surface area contributed by atoms with Crippen molar-refractivity contribution in [2.75, 3.05) is 18.6 Å². The minimum Gasteiger partial charge on any atom is -0.497 e. The molecule has 9 heteroatoms. The van der Waals surface area contributed by atoms with Gasteiger partial charge in [0.05, 0.1) is 12.8 Å². The van der Waals surface area contributed by atoms with Crippen LogP contribution in [-0.4, -0.2) is 56.3 Å². The number of methoxy groups -OCH3 is 1. The molecule has 0 N–H and O–H groups in total. The second-order valence-electron chi connectivity index (χ2n) is 6.24. The average molecular weight is 379 g/mol. The summed E-state index contributed by atoms with van der Waals surface area (Å²) in [5, 5.41) is 0. The van der Waals surface area contributed by atoms with E-state index in [2.05, 4.69) is 0 Å². The fourth-order valence-corrected chi connectivity index (χ4v) is 3.15. The third-order valence-electron chi connectivity index (χ3n) is 4.33. The molecular weight excluding hydrogens is 358 g/mol. The molecule has 0 unspecified atom stereocenters. The van der Waals surface area contributed by atoms with Crippen LogP contribution in [0.5, 0.6) is 5.75 Å². The number of hydrogen-bond acceptors (Lipinski definition) is 8. The number of carbonyl (C=O) groups excluding carboxylic acids is 3. The number of benzene rings is 1. The van der Waals surface area contributed by atoms with E-state index >= 15 is 0 Å². The van der Waals surface area contributed by atoms with E-state index in [9.17, 15) is 14.4 Å². The number of esters is 2. The van der Waals surface area contributed by atoms with Crippen molar-refractivity contribution in [3.63, 3.8) is 0 Å². The van der Waals surface area contributed by atoms with Gasteiger partial charge >= 0.3 is 18.0 Å². The molecule has 1 amide bonds. The van der Waals surface area contributed by atoms with Crippen molar-refractivity contribution in [3.8, 4) is 5.75 Å². The topological polar surface area (TPSA) is 101 Å². The first kappa shape index (κ1) is 19.0. The number of nitrogens with zero attached hydrogens (tertiary/aromatic N) is 1. The Morgan fingerprint density at radius 1 is 1.19 bits per heavy atom. The van der Waals surface area contributed by atoms with Crippen molar-refractivity contribution in [1.29, 1.82) is 0 Å². The first-order chi connectivity index (χ1) is 12.9. The Morgan fingerprint density at radius 2 is 1.89 bits per heavy atom. The van der Waals surface area contributed by atoms with Crippen LogP contribution < -0.4 is 9.64 Å². The molecule has 0 radical (unpaired) electrons. The summed E-state index contributed by atoms with van der Waals surface area (Å²) in [6, 6.07) is 6.86. The monoisotopic (exact) mass is 379 g/mol. The quantitative estimate of drug-likeness (QED) is 0.562. The van der Waals surface area contributed by atoms with E-state index in [-0.39, 0.29) is 13.0 Å². The number of carbonyl (C=O) groups is 3. The zero-order chi connectivity index (χ0) is 19.6. The molecule has 1 aromatic rings. The van der Waals surface area contributed by atoms with E-state index in [1.807, 2.05) is 0 Å². The van der Waals surface area contributed by atoms with Gasteiger partial charge < -0.3 is 23.7 Å². The lowest BCUT2D eigenvalue weighted by Gasteiger charge is -2.37. The van der Waals surface area contributed by atoms with Crippen molar-refractivity contribution in [1.82, 2.24) is 0 Å². The highest BCUT2D eigenvalue weighted by atomic mass is 16.7. The molecule has 9 nitrogen and oxygen atoms in total. The molecule has 0 aromatic heterocycles. The minimum absolute atomic E-state index is 0.0961. The average Bonchev–Trinajstić information content (AvgIpc) is 2.94. The molecule has 2 saturated heterocycles. The molecule has 0 bridgehead atoms. The van der Waals surface area contributed by atoms with Crippen molar-refractivity contribution in [2.24, 2.45) is 0 Å². The fraction of sp³-hybridized carbons (Fsp3) is 0.500. The Hall–Kier alpha value is -2.81. The van der Waals surface area contributed by atoms with E-state index in [0.29, 0.717) is 11.4 Å². The second-order valence-corrected chi connectivity index (χ2v) is 6.24. The van der Waals surface area contributed by atoms with Crippen LogP contribution in [-0.2, 0) is 28.5 Å². The SMILES string of the molecule is COc1ccc(N2C(=O)O[C@H]3C[C@H](OC(C)=O)[C@@H](COC(C)=O)O[C@H]32)cc1. The molecule has 2 fully saturated rings. The molecule has 2 heterocycles. The number of rotatable bonds is 5. The van der Waals surface area contributed by atoms with Crippen LogP contribution in [0.2, 0.25) is 0 Å². The van der Waals surface area contributed by atoms with Crippen molar-refractivity contribution in [2.45, 2.75) is 44.8 Å². The molecule has 146 valence electrons. The third kappa shape index (κ3) is 4.13. The maximum absolute atomic E-state index is 12.4. The van der Waals surface area contributed by atoms with Crippen molar-refractivity contribution >= 4 is 23.7 Å². The van der Waals surface area contributed by atoms with Crippen molar-refractivity contribution in [3.05, 3.63) is 24.3 Å². The number of anilines is 1. The molecular formula is C18H21NO8. The molecule has 0 saturated carbocycles. The van der Waals surface area contributed by atoms with Gasteiger partial charge in [0.15, 0.2) is 12.3 Å². The summed E-state index contributed by atoms with van der Waals surface area (Å²) >= 11 is 0. The van der Waals surface area contributed by atoms with Crippen LogP contribution in [0.3, 0.4) is 0 Å². The van der Waals surface area contributed by atoms with Gasteiger partial charge in [-0.1, -0.05) is 0 Å². The lowest BCUT2D eigenvalue weighted by molar-refractivity contribution is -0.191. The van der Waals surface area contributed by atoms with E-state index in [0.717, 1.165) is 0 Å². The highest BCUT2D eigenvalue weighted by Gasteiger charge is 2.51. The van der Waals surface area contributed by atoms with E-state index in [1.54, 1.807) is 31.4 Å². The Balaban J connectivity index is 1.81. The highest BCUT2D eigenvalue weighted by Crippen LogP contribution is 2.36. The number of amides is 1.